The molecule has 0 fully saturated rings. The minimum Gasteiger partial charge on any atom is -0.482 e. The van der Waals surface area contributed by atoms with Crippen molar-refractivity contribution in [1.29, 1.82) is 0 Å². The molecule has 0 spiro atoms. The first kappa shape index (κ1) is 34.3. The molecule has 4 atom stereocenters. The summed E-state index contributed by atoms with van der Waals surface area (Å²) in [6, 6.07) is 21.3. The first-order chi connectivity index (χ1) is 24.6. The molecule has 4 aromatic rings. The number of hydrogen-bond donors (Lipinski definition) is 1. The highest BCUT2D eigenvalue weighted by atomic mass is 16.6. The van der Waals surface area contributed by atoms with Gasteiger partial charge in [0.2, 0.25) is 0 Å². The van der Waals surface area contributed by atoms with E-state index in [9.17, 15) is 19.5 Å². The molecule has 8 nitrogen and oxygen atoms in total. The van der Waals surface area contributed by atoms with Crippen molar-refractivity contribution in [3.8, 4) is 17.6 Å². The van der Waals surface area contributed by atoms with Crippen LogP contribution in [0.15, 0.2) is 87.1 Å². The van der Waals surface area contributed by atoms with Crippen LogP contribution in [0.2, 0.25) is 0 Å². The first-order valence-corrected chi connectivity index (χ1v) is 17.7. The second kappa shape index (κ2) is 14.2. The molecule has 0 radical (unpaired) electrons. The van der Waals surface area contributed by atoms with Crippen molar-refractivity contribution < 1.29 is 33.3 Å². The van der Waals surface area contributed by atoms with Gasteiger partial charge in [-0.3, -0.25) is 4.79 Å². The number of benzene rings is 3. The first-order valence-electron chi connectivity index (χ1n) is 17.7. The molecule has 3 aliphatic rings. The summed E-state index contributed by atoms with van der Waals surface area (Å²) < 4.78 is 25.3. The van der Waals surface area contributed by atoms with Crippen LogP contribution in [0, 0.1) is 17.8 Å². The number of aliphatic hydroxyl groups is 1. The zero-order chi connectivity index (χ0) is 35.7. The lowest BCUT2D eigenvalue weighted by Crippen LogP contribution is -2.54. The Labute approximate surface area is 297 Å². The summed E-state index contributed by atoms with van der Waals surface area (Å²) >= 11 is 0. The minimum absolute atomic E-state index is 0.0680. The van der Waals surface area contributed by atoms with Crippen molar-refractivity contribution >= 4 is 22.9 Å². The standard InChI is InChI=1S/C43H42O8/c1-26(2)33-17-15-28-14-16-31-22-29(13-12-27-9-5-4-6-10-27)23-36(45)49-40-38-35(19-18-34-32(25-44)24-37(46)48-39(34)38)51-43(3,41(40)50-42(33)47)20-8-7-11-30(31)21-28/h4-6,9-10,14,16,18-19,21,24,29,40-41,44H,11-13,15,17,20,22-23,25H2,1-3H3/t29-,40-,41+,43-/m1/s1. The van der Waals surface area contributed by atoms with Crippen LogP contribution < -0.4 is 10.4 Å². The van der Waals surface area contributed by atoms with Crippen LogP contribution in [0.3, 0.4) is 0 Å². The predicted octanol–water partition coefficient (Wildman–Crippen LogP) is 7.05. The van der Waals surface area contributed by atoms with E-state index in [1.165, 1.54) is 11.6 Å². The van der Waals surface area contributed by atoms with Crippen molar-refractivity contribution in [2.24, 2.45) is 5.92 Å². The molecule has 0 unspecified atom stereocenters. The van der Waals surface area contributed by atoms with Crippen molar-refractivity contribution in [3.05, 3.63) is 122 Å². The SMILES string of the molecule is CC(C)=C1CCc2ccc3c(c2)CC#CC[C@@]2(C)Oc4ccc5c(CO)cc(=O)oc5c4[C@@H](OC(=O)C[C@H](CCc4ccccc4)C3)[C@@H]2OC1=O. The van der Waals surface area contributed by atoms with E-state index in [0.717, 1.165) is 35.1 Å². The third-order valence-electron chi connectivity index (χ3n) is 10.4. The molecule has 0 saturated heterocycles. The third-order valence-corrected chi connectivity index (χ3v) is 10.4. The van der Waals surface area contributed by atoms with Gasteiger partial charge in [-0.15, -0.1) is 0 Å². The van der Waals surface area contributed by atoms with Gasteiger partial charge in [-0.1, -0.05) is 65.9 Å². The van der Waals surface area contributed by atoms with Gasteiger partial charge in [-0.05, 0) is 98.7 Å². The van der Waals surface area contributed by atoms with Crippen molar-refractivity contribution in [1.82, 2.24) is 0 Å². The Kier molecular flexibility index (Phi) is 9.58. The van der Waals surface area contributed by atoms with Crippen LogP contribution >= 0.6 is 0 Å². The zero-order valence-corrected chi connectivity index (χ0v) is 29.3. The summed E-state index contributed by atoms with van der Waals surface area (Å²) in [6.45, 7) is 5.17. The molecule has 7 rings (SSSR count). The van der Waals surface area contributed by atoms with Gasteiger partial charge in [-0.2, -0.15) is 0 Å². The van der Waals surface area contributed by atoms with E-state index < -0.39 is 42.0 Å². The minimum atomic E-state index is -1.25. The zero-order valence-electron chi connectivity index (χ0n) is 29.3. The second-order valence-electron chi connectivity index (χ2n) is 14.3. The maximum atomic E-state index is 14.3. The van der Waals surface area contributed by atoms with Crippen LogP contribution in [0.25, 0.3) is 11.0 Å². The summed E-state index contributed by atoms with van der Waals surface area (Å²) in [4.78, 5) is 41.3. The van der Waals surface area contributed by atoms with Gasteiger partial charge in [0.15, 0.2) is 17.8 Å². The highest BCUT2D eigenvalue weighted by molar-refractivity contribution is 5.90. The van der Waals surface area contributed by atoms with Crippen molar-refractivity contribution in [2.45, 2.75) is 96.6 Å². The topological polar surface area (TPSA) is 112 Å². The number of fused-ring (bicyclic) bond motifs is 7. The van der Waals surface area contributed by atoms with E-state index in [0.29, 0.717) is 48.0 Å². The fraction of sp³-hybridized carbons (Fsp3) is 0.372. The Hall–Kier alpha value is -5.13. The maximum Gasteiger partial charge on any atom is 0.336 e. The molecule has 1 aromatic heterocycles. The van der Waals surface area contributed by atoms with Crippen molar-refractivity contribution in [3.63, 3.8) is 0 Å². The van der Waals surface area contributed by atoms with Gasteiger partial charge < -0.3 is 23.7 Å². The van der Waals surface area contributed by atoms with Crippen LogP contribution in [0.5, 0.6) is 5.75 Å². The summed E-state index contributed by atoms with van der Waals surface area (Å²) in [5.41, 5.74) is 4.71. The number of carbonyl (C=O) groups is 2. The van der Waals surface area contributed by atoms with E-state index >= 15 is 0 Å². The van der Waals surface area contributed by atoms with E-state index in [-0.39, 0.29) is 29.9 Å². The largest absolute Gasteiger partial charge is 0.482 e. The average Bonchev–Trinajstić information content (AvgIpc) is 3.10. The summed E-state index contributed by atoms with van der Waals surface area (Å²) in [5.74, 6) is 5.93. The van der Waals surface area contributed by atoms with Gasteiger partial charge in [0, 0.05) is 29.9 Å². The molecule has 3 aliphatic heterocycles. The molecule has 8 heteroatoms. The van der Waals surface area contributed by atoms with E-state index in [2.05, 4.69) is 42.2 Å². The third kappa shape index (κ3) is 7.09. The monoisotopic (exact) mass is 686 g/mol. The number of aliphatic hydroxyl groups excluding tert-OH is 1. The molecule has 1 N–H and O–H groups in total. The predicted molar refractivity (Wildman–Crippen MR) is 192 cm³/mol. The molecule has 262 valence electrons. The number of rotatable bonds is 4. The highest BCUT2D eigenvalue weighted by Crippen LogP contribution is 2.48. The van der Waals surface area contributed by atoms with Gasteiger partial charge in [0.1, 0.15) is 11.3 Å². The van der Waals surface area contributed by atoms with E-state index in [1.54, 1.807) is 12.1 Å². The normalized spacial score (nSPS) is 23.1. The summed E-state index contributed by atoms with van der Waals surface area (Å²) in [6.07, 6.45) is 1.73. The summed E-state index contributed by atoms with van der Waals surface area (Å²) in [7, 11) is 0. The number of hydrogen-bond acceptors (Lipinski definition) is 8. The van der Waals surface area contributed by atoms with Gasteiger partial charge in [0.25, 0.3) is 0 Å². The Morgan fingerprint density at radius 1 is 0.922 bits per heavy atom. The Morgan fingerprint density at radius 2 is 1.75 bits per heavy atom. The molecule has 0 saturated carbocycles. The fourth-order valence-corrected chi connectivity index (χ4v) is 7.64. The van der Waals surface area contributed by atoms with Crippen LogP contribution in [0.1, 0.15) is 85.9 Å². The number of aryl methyl sites for hydroxylation is 2. The molecule has 3 aromatic carbocycles. The molecule has 51 heavy (non-hydrogen) atoms. The average molecular weight is 687 g/mol. The Morgan fingerprint density at radius 3 is 2.53 bits per heavy atom. The maximum absolute atomic E-state index is 14.3. The van der Waals surface area contributed by atoms with Crippen LogP contribution in [0.4, 0.5) is 0 Å². The van der Waals surface area contributed by atoms with Gasteiger partial charge in [-0.25, -0.2) is 9.59 Å². The molecule has 5 bridgehead atoms. The fourth-order valence-electron chi connectivity index (χ4n) is 7.64. The number of carbonyl (C=O) groups excluding carboxylic acids is 2. The smallest absolute Gasteiger partial charge is 0.336 e. The number of allylic oxidation sites excluding steroid dienone is 1. The number of ether oxygens (including phenoxy) is 3. The Balaban J connectivity index is 1.42. The molecule has 0 amide bonds. The van der Waals surface area contributed by atoms with E-state index in [4.69, 9.17) is 18.6 Å². The number of esters is 2. The van der Waals surface area contributed by atoms with Crippen molar-refractivity contribution in [2.75, 3.05) is 0 Å². The van der Waals surface area contributed by atoms with Gasteiger partial charge >= 0.3 is 17.6 Å². The lowest BCUT2D eigenvalue weighted by atomic mass is 9.82. The highest BCUT2D eigenvalue weighted by Gasteiger charge is 2.53. The Bertz CT molecular complexity index is 2150. The van der Waals surface area contributed by atoms with Crippen LogP contribution in [-0.4, -0.2) is 28.8 Å². The van der Waals surface area contributed by atoms with E-state index in [1.807, 2.05) is 39.0 Å². The lowest BCUT2D eigenvalue weighted by molar-refractivity contribution is -0.190. The van der Waals surface area contributed by atoms with Crippen LogP contribution in [-0.2, 0) is 51.4 Å². The molecular weight excluding hydrogens is 644 g/mol. The molecule has 0 aliphatic carbocycles. The molecular formula is C43H42O8. The quantitative estimate of drug-likeness (QED) is 0.105. The second-order valence-corrected chi connectivity index (χ2v) is 14.3. The van der Waals surface area contributed by atoms with Gasteiger partial charge in [0.05, 0.1) is 18.6 Å². The molecule has 4 heterocycles. The lowest BCUT2D eigenvalue weighted by Gasteiger charge is -2.44. The summed E-state index contributed by atoms with van der Waals surface area (Å²) in [5, 5.41) is 10.6.